The lowest BCUT2D eigenvalue weighted by molar-refractivity contribution is 0.925. The van der Waals surface area contributed by atoms with Crippen LogP contribution in [0.15, 0.2) is 53.0 Å². The van der Waals surface area contributed by atoms with Crippen LogP contribution in [0.25, 0.3) is 21.9 Å². The fourth-order valence-electron chi connectivity index (χ4n) is 2.79. The molecule has 0 bridgehead atoms. The first kappa shape index (κ1) is 15.9. The highest BCUT2D eigenvalue weighted by Crippen LogP contribution is 2.37. The fraction of sp³-hybridized carbons (Fsp3) is 0.158. The first-order valence-electron chi connectivity index (χ1n) is 7.26. The molecule has 0 spiro atoms. The Hall–Kier alpha value is -1.02. The van der Waals surface area contributed by atoms with Gasteiger partial charge in [-0.25, -0.2) is 0 Å². The summed E-state index contributed by atoms with van der Waals surface area (Å²) >= 11 is 16.0. The Morgan fingerprint density at radius 3 is 2.23 bits per heavy atom. The quantitative estimate of drug-likeness (QED) is 0.431. The van der Waals surface area contributed by atoms with Gasteiger partial charge in [-0.3, -0.25) is 0 Å². The van der Waals surface area contributed by atoms with E-state index in [1.807, 2.05) is 18.2 Å². The molecular formula is C19H15BrCl2. The van der Waals surface area contributed by atoms with Crippen LogP contribution in [0.2, 0.25) is 10.0 Å². The molecule has 0 saturated heterocycles. The zero-order valence-electron chi connectivity index (χ0n) is 12.2. The average Bonchev–Trinajstić information content (AvgIpc) is 2.51. The number of aryl methyl sites for hydroxylation is 1. The number of benzene rings is 3. The average molecular weight is 394 g/mol. The number of halogens is 3. The molecular weight excluding hydrogens is 379 g/mol. The summed E-state index contributed by atoms with van der Waals surface area (Å²) in [5.74, 6) is 0. The second kappa shape index (κ2) is 6.62. The Bertz CT molecular complexity index is 823. The molecule has 0 unspecified atom stereocenters. The summed E-state index contributed by atoms with van der Waals surface area (Å²) in [6, 6.07) is 16.3. The smallest absolute Gasteiger partial charge is 0.0412 e. The number of hydrogen-bond donors (Lipinski definition) is 0. The van der Waals surface area contributed by atoms with Gasteiger partial charge in [-0.2, -0.15) is 0 Å². The predicted octanol–water partition coefficient (Wildman–Crippen LogP) is 7.53. The van der Waals surface area contributed by atoms with Gasteiger partial charge in [0.1, 0.15) is 0 Å². The summed E-state index contributed by atoms with van der Waals surface area (Å²) in [6.45, 7) is 2.19. The lowest BCUT2D eigenvalue weighted by atomic mass is 9.93. The van der Waals surface area contributed by atoms with Crippen LogP contribution >= 0.6 is 39.1 Å². The summed E-state index contributed by atoms with van der Waals surface area (Å²) < 4.78 is 1.13. The maximum Gasteiger partial charge on any atom is 0.0412 e. The molecule has 0 aliphatic rings. The lowest BCUT2D eigenvalue weighted by Gasteiger charge is -2.14. The highest BCUT2D eigenvalue weighted by Gasteiger charge is 2.12. The van der Waals surface area contributed by atoms with Gasteiger partial charge in [0, 0.05) is 14.5 Å². The van der Waals surface area contributed by atoms with Crippen molar-refractivity contribution in [2.24, 2.45) is 0 Å². The maximum atomic E-state index is 6.23. The van der Waals surface area contributed by atoms with Crippen LogP contribution in [0.1, 0.15) is 18.9 Å². The van der Waals surface area contributed by atoms with Crippen LogP contribution in [-0.4, -0.2) is 0 Å². The van der Waals surface area contributed by atoms with Crippen molar-refractivity contribution in [3.05, 3.63) is 68.6 Å². The predicted molar refractivity (Wildman–Crippen MR) is 101 cm³/mol. The summed E-state index contributed by atoms with van der Waals surface area (Å²) in [5, 5.41) is 3.95. The summed E-state index contributed by atoms with van der Waals surface area (Å²) in [6.07, 6.45) is 2.12. The molecule has 0 saturated carbocycles. The van der Waals surface area contributed by atoms with Crippen molar-refractivity contribution >= 4 is 49.9 Å². The molecule has 0 radical (unpaired) electrons. The zero-order valence-corrected chi connectivity index (χ0v) is 15.3. The maximum absolute atomic E-state index is 6.23. The van der Waals surface area contributed by atoms with Crippen molar-refractivity contribution in [2.45, 2.75) is 19.8 Å². The molecule has 0 N–H and O–H groups in total. The van der Waals surface area contributed by atoms with Crippen molar-refractivity contribution < 1.29 is 0 Å². The molecule has 0 heterocycles. The molecule has 0 amide bonds. The fourth-order valence-corrected chi connectivity index (χ4v) is 3.73. The van der Waals surface area contributed by atoms with Gasteiger partial charge in [0.2, 0.25) is 0 Å². The van der Waals surface area contributed by atoms with E-state index in [4.69, 9.17) is 23.2 Å². The summed E-state index contributed by atoms with van der Waals surface area (Å²) in [7, 11) is 0. The minimum Gasteiger partial charge on any atom is -0.0843 e. The molecule has 0 atom stereocenters. The highest BCUT2D eigenvalue weighted by atomic mass is 79.9. The van der Waals surface area contributed by atoms with Crippen molar-refractivity contribution in [3.63, 3.8) is 0 Å². The third-order valence-electron chi connectivity index (χ3n) is 3.81. The zero-order chi connectivity index (χ0) is 15.7. The van der Waals surface area contributed by atoms with E-state index in [0.29, 0.717) is 0 Å². The molecule has 0 aromatic heterocycles. The Labute approximate surface area is 149 Å². The van der Waals surface area contributed by atoms with Gasteiger partial charge in [0.25, 0.3) is 0 Å². The van der Waals surface area contributed by atoms with Crippen LogP contribution in [0.3, 0.4) is 0 Å². The van der Waals surface area contributed by atoms with Crippen LogP contribution in [0.4, 0.5) is 0 Å². The second-order valence-corrected chi connectivity index (χ2v) is 7.06. The Morgan fingerprint density at radius 1 is 0.864 bits per heavy atom. The SMILES string of the molecule is CCCc1c(Br)cc(-c2ccc(Cl)cc2)c2ccc(Cl)cc12. The Morgan fingerprint density at radius 2 is 1.55 bits per heavy atom. The largest absolute Gasteiger partial charge is 0.0843 e. The molecule has 112 valence electrons. The van der Waals surface area contributed by atoms with E-state index in [1.165, 1.54) is 21.9 Å². The van der Waals surface area contributed by atoms with E-state index < -0.39 is 0 Å². The van der Waals surface area contributed by atoms with Gasteiger partial charge in [0.05, 0.1) is 0 Å². The molecule has 0 nitrogen and oxygen atoms in total. The first-order valence-corrected chi connectivity index (χ1v) is 8.81. The van der Waals surface area contributed by atoms with Crippen LogP contribution in [0, 0.1) is 0 Å². The molecule has 3 heteroatoms. The standard InChI is InChI=1S/C19H15BrCl2/c1-2-3-16-18-10-14(22)8-9-15(18)17(11-19(16)20)12-4-6-13(21)7-5-12/h4-11H,2-3H2,1H3. The number of rotatable bonds is 3. The van der Waals surface area contributed by atoms with E-state index in [9.17, 15) is 0 Å². The summed E-state index contributed by atoms with van der Waals surface area (Å²) in [5.41, 5.74) is 3.66. The highest BCUT2D eigenvalue weighted by molar-refractivity contribution is 9.10. The van der Waals surface area contributed by atoms with Crippen LogP contribution in [-0.2, 0) is 6.42 Å². The monoisotopic (exact) mass is 392 g/mol. The van der Waals surface area contributed by atoms with Crippen molar-refractivity contribution in [2.75, 3.05) is 0 Å². The van der Waals surface area contributed by atoms with Crippen molar-refractivity contribution in [1.29, 1.82) is 0 Å². The van der Waals surface area contributed by atoms with Gasteiger partial charge < -0.3 is 0 Å². The van der Waals surface area contributed by atoms with E-state index in [0.717, 1.165) is 32.9 Å². The van der Waals surface area contributed by atoms with Gasteiger partial charge in [-0.15, -0.1) is 0 Å². The third kappa shape index (κ3) is 3.03. The molecule has 0 fully saturated rings. The topological polar surface area (TPSA) is 0 Å². The van der Waals surface area contributed by atoms with Crippen molar-refractivity contribution in [3.8, 4) is 11.1 Å². The van der Waals surface area contributed by atoms with Gasteiger partial charge in [0.15, 0.2) is 0 Å². The number of fused-ring (bicyclic) bond motifs is 1. The Kier molecular flexibility index (Phi) is 4.77. The van der Waals surface area contributed by atoms with Crippen LogP contribution < -0.4 is 0 Å². The van der Waals surface area contributed by atoms with Crippen LogP contribution in [0.5, 0.6) is 0 Å². The van der Waals surface area contributed by atoms with Gasteiger partial charge in [-0.05, 0) is 64.2 Å². The normalized spacial score (nSPS) is 11.1. The summed E-state index contributed by atoms with van der Waals surface area (Å²) in [4.78, 5) is 0. The molecule has 3 aromatic carbocycles. The molecule has 3 aromatic rings. The first-order chi connectivity index (χ1) is 10.6. The minimum atomic E-state index is 0.748. The Balaban J connectivity index is 2.32. The number of hydrogen-bond acceptors (Lipinski definition) is 0. The minimum absolute atomic E-state index is 0.748. The van der Waals surface area contributed by atoms with E-state index in [2.05, 4.69) is 53.2 Å². The molecule has 0 aliphatic heterocycles. The molecule has 0 aliphatic carbocycles. The van der Waals surface area contributed by atoms with E-state index in [1.54, 1.807) is 0 Å². The van der Waals surface area contributed by atoms with Crippen molar-refractivity contribution in [1.82, 2.24) is 0 Å². The molecule has 3 rings (SSSR count). The van der Waals surface area contributed by atoms with Gasteiger partial charge >= 0.3 is 0 Å². The second-order valence-electron chi connectivity index (χ2n) is 5.33. The van der Waals surface area contributed by atoms with Gasteiger partial charge in [-0.1, -0.05) is 70.7 Å². The van der Waals surface area contributed by atoms with E-state index >= 15 is 0 Å². The van der Waals surface area contributed by atoms with E-state index in [-0.39, 0.29) is 0 Å². The molecule has 22 heavy (non-hydrogen) atoms. The third-order valence-corrected chi connectivity index (χ3v) is 5.01. The lowest BCUT2D eigenvalue weighted by Crippen LogP contribution is -1.92.